The minimum Gasteiger partial charge on any atom is -0.377 e. The molecule has 1 unspecified atom stereocenters. The molecule has 130 valence electrons. The van der Waals surface area contributed by atoms with Crippen molar-refractivity contribution in [3.8, 4) is 6.07 Å². The SMILES string of the molecule is CC(Nc1ccc([N+](=O)[O-])cc1C#N)c1cnn(Cc2ccccc2)c1. The van der Waals surface area contributed by atoms with Crippen molar-refractivity contribution >= 4 is 11.4 Å². The second-order valence-electron chi connectivity index (χ2n) is 5.92. The highest BCUT2D eigenvalue weighted by molar-refractivity contribution is 5.62. The molecule has 3 rings (SSSR count). The number of aromatic nitrogens is 2. The number of nitro groups is 1. The van der Waals surface area contributed by atoms with E-state index in [9.17, 15) is 15.4 Å². The summed E-state index contributed by atoms with van der Waals surface area (Å²) in [6.45, 7) is 2.63. The molecule has 2 aromatic carbocycles. The van der Waals surface area contributed by atoms with E-state index in [1.807, 2.05) is 54.2 Å². The molecule has 1 aromatic heterocycles. The molecule has 1 heterocycles. The van der Waals surface area contributed by atoms with Crippen molar-refractivity contribution in [3.63, 3.8) is 0 Å². The summed E-state index contributed by atoms with van der Waals surface area (Å²) in [5.41, 5.74) is 2.81. The molecule has 7 heteroatoms. The number of nitrogens with zero attached hydrogens (tertiary/aromatic N) is 4. The van der Waals surface area contributed by atoms with Crippen LogP contribution in [0.3, 0.4) is 0 Å². The third-order valence-corrected chi connectivity index (χ3v) is 4.05. The van der Waals surface area contributed by atoms with Crippen LogP contribution in [0.15, 0.2) is 60.9 Å². The van der Waals surface area contributed by atoms with Crippen LogP contribution >= 0.6 is 0 Å². The van der Waals surface area contributed by atoms with Crippen molar-refractivity contribution in [1.82, 2.24) is 9.78 Å². The fourth-order valence-electron chi connectivity index (χ4n) is 2.64. The summed E-state index contributed by atoms with van der Waals surface area (Å²) in [5, 5.41) is 27.7. The van der Waals surface area contributed by atoms with E-state index in [0.29, 0.717) is 12.2 Å². The van der Waals surface area contributed by atoms with Crippen molar-refractivity contribution in [2.75, 3.05) is 5.32 Å². The lowest BCUT2D eigenvalue weighted by molar-refractivity contribution is -0.384. The third kappa shape index (κ3) is 3.87. The molecule has 7 nitrogen and oxygen atoms in total. The van der Waals surface area contributed by atoms with Gasteiger partial charge in [0.05, 0.1) is 35.0 Å². The molecule has 0 aliphatic heterocycles. The summed E-state index contributed by atoms with van der Waals surface area (Å²) in [6.07, 6.45) is 3.72. The Bertz CT molecular complexity index is 960. The van der Waals surface area contributed by atoms with Gasteiger partial charge in [0, 0.05) is 23.9 Å². The standard InChI is InChI=1S/C19H17N5O2/c1-14(22-19-8-7-18(24(25)26)9-16(19)10-20)17-11-21-23(13-17)12-15-5-3-2-4-6-15/h2-9,11,13-14,22H,12H2,1H3. The molecule has 0 amide bonds. The van der Waals surface area contributed by atoms with Crippen LogP contribution in [0.1, 0.15) is 29.7 Å². The van der Waals surface area contributed by atoms with E-state index in [4.69, 9.17) is 0 Å². The fourth-order valence-corrected chi connectivity index (χ4v) is 2.64. The molecule has 26 heavy (non-hydrogen) atoms. The Balaban J connectivity index is 1.74. The number of hydrogen-bond donors (Lipinski definition) is 1. The number of nitriles is 1. The van der Waals surface area contributed by atoms with Gasteiger partial charge in [-0.25, -0.2) is 0 Å². The van der Waals surface area contributed by atoms with Crippen LogP contribution in [-0.4, -0.2) is 14.7 Å². The van der Waals surface area contributed by atoms with E-state index < -0.39 is 4.92 Å². The average molecular weight is 347 g/mol. The molecule has 0 aliphatic rings. The zero-order chi connectivity index (χ0) is 18.5. The van der Waals surface area contributed by atoms with Crippen molar-refractivity contribution in [2.45, 2.75) is 19.5 Å². The molecular formula is C19H17N5O2. The van der Waals surface area contributed by atoms with Gasteiger partial charge in [-0.3, -0.25) is 14.8 Å². The Labute approximate surface area is 150 Å². The van der Waals surface area contributed by atoms with Crippen LogP contribution in [0.25, 0.3) is 0 Å². The topological polar surface area (TPSA) is 96.8 Å². The monoisotopic (exact) mass is 347 g/mol. The van der Waals surface area contributed by atoms with E-state index in [0.717, 1.165) is 11.1 Å². The first-order valence-electron chi connectivity index (χ1n) is 8.08. The van der Waals surface area contributed by atoms with Crippen molar-refractivity contribution < 1.29 is 4.92 Å². The van der Waals surface area contributed by atoms with Crippen molar-refractivity contribution in [2.24, 2.45) is 0 Å². The van der Waals surface area contributed by atoms with E-state index in [2.05, 4.69) is 10.4 Å². The average Bonchev–Trinajstić information content (AvgIpc) is 3.11. The van der Waals surface area contributed by atoms with E-state index in [-0.39, 0.29) is 17.3 Å². The van der Waals surface area contributed by atoms with Gasteiger partial charge in [0.1, 0.15) is 6.07 Å². The normalized spacial score (nSPS) is 11.5. The summed E-state index contributed by atoms with van der Waals surface area (Å²) in [7, 11) is 0. The molecular weight excluding hydrogens is 330 g/mol. The molecule has 0 radical (unpaired) electrons. The number of rotatable bonds is 6. The predicted molar refractivity (Wildman–Crippen MR) is 97.6 cm³/mol. The van der Waals surface area contributed by atoms with Gasteiger partial charge >= 0.3 is 0 Å². The highest BCUT2D eigenvalue weighted by Gasteiger charge is 2.14. The lowest BCUT2D eigenvalue weighted by Gasteiger charge is -2.14. The molecule has 0 aliphatic carbocycles. The summed E-state index contributed by atoms with van der Waals surface area (Å²) < 4.78 is 1.85. The number of hydrogen-bond acceptors (Lipinski definition) is 5. The maximum absolute atomic E-state index is 10.8. The maximum atomic E-state index is 10.8. The van der Waals surface area contributed by atoms with Crippen LogP contribution in [0.4, 0.5) is 11.4 Å². The smallest absolute Gasteiger partial charge is 0.270 e. The quantitative estimate of drug-likeness (QED) is 0.539. The van der Waals surface area contributed by atoms with Gasteiger partial charge in [-0.15, -0.1) is 0 Å². The van der Waals surface area contributed by atoms with Gasteiger partial charge in [0.15, 0.2) is 0 Å². The Hall–Kier alpha value is -3.66. The van der Waals surface area contributed by atoms with Gasteiger partial charge in [-0.1, -0.05) is 30.3 Å². The Morgan fingerprint density at radius 3 is 2.77 bits per heavy atom. The van der Waals surface area contributed by atoms with Crippen molar-refractivity contribution in [1.29, 1.82) is 5.26 Å². The Kier molecular flexibility index (Phi) is 4.94. The van der Waals surface area contributed by atoms with E-state index in [1.54, 1.807) is 12.3 Å². The van der Waals surface area contributed by atoms with Gasteiger partial charge in [-0.05, 0) is 18.6 Å². The van der Waals surface area contributed by atoms with E-state index >= 15 is 0 Å². The molecule has 0 saturated carbocycles. The number of anilines is 1. The molecule has 1 atom stereocenters. The van der Waals surface area contributed by atoms with Gasteiger partial charge in [0.2, 0.25) is 0 Å². The zero-order valence-electron chi connectivity index (χ0n) is 14.2. The van der Waals surface area contributed by atoms with Crippen LogP contribution in [0.2, 0.25) is 0 Å². The molecule has 0 fully saturated rings. The van der Waals surface area contributed by atoms with Gasteiger partial charge < -0.3 is 5.32 Å². The van der Waals surface area contributed by atoms with Crippen LogP contribution in [-0.2, 0) is 6.54 Å². The van der Waals surface area contributed by atoms with Crippen LogP contribution in [0, 0.1) is 21.4 Å². The number of nitro benzene ring substituents is 1. The van der Waals surface area contributed by atoms with Crippen LogP contribution in [0.5, 0.6) is 0 Å². The summed E-state index contributed by atoms with van der Waals surface area (Å²) in [5.74, 6) is 0. The first-order chi connectivity index (χ1) is 12.6. The lowest BCUT2D eigenvalue weighted by Crippen LogP contribution is -2.07. The molecule has 1 N–H and O–H groups in total. The molecule has 0 saturated heterocycles. The predicted octanol–water partition coefficient (Wildman–Crippen LogP) is 3.88. The highest BCUT2D eigenvalue weighted by atomic mass is 16.6. The maximum Gasteiger partial charge on any atom is 0.270 e. The summed E-state index contributed by atoms with van der Waals surface area (Å²) in [4.78, 5) is 10.3. The number of benzene rings is 2. The van der Waals surface area contributed by atoms with Crippen LogP contribution < -0.4 is 5.32 Å². The van der Waals surface area contributed by atoms with E-state index in [1.165, 1.54) is 12.1 Å². The Morgan fingerprint density at radius 2 is 2.08 bits per heavy atom. The summed E-state index contributed by atoms with van der Waals surface area (Å²) >= 11 is 0. The minimum atomic E-state index is -0.512. The van der Waals surface area contributed by atoms with Gasteiger partial charge in [-0.2, -0.15) is 10.4 Å². The number of nitrogens with one attached hydrogen (secondary N) is 1. The first-order valence-corrected chi connectivity index (χ1v) is 8.08. The van der Waals surface area contributed by atoms with Crippen molar-refractivity contribution in [3.05, 3.63) is 87.7 Å². The molecule has 0 spiro atoms. The highest BCUT2D eigenvalue weighted by Crippen LogP contribution is 2.25. The third-order valence-electron chi connectivity index (χ3n) is 4.05. The lowest BCUT2D eigenvalue weighted by atomic mass is 10.1. The zero-order valence-corrected chi connectivity index (χ0v) is 14.2. The molecule has 0 bridgehead atoms. The minimum absolute atomic E-state index is 0.101. The second-order valence-corrected chi connectivity index (χ2v) is 5.92. The Morgan fingerprint density at radius 1 is 1.31 bits per heavy atom. The summed E-state index contributed by atoms with van der Waals surface area (Å²) in [6, 6.07) is 16.1. The first kappa shape index (κ1) is 17.2. The second kappa shape index (κ2) is 7.49. The molecule has 3 aromatic rings. The van der Waals surface area contributed by atoms with Gasteiger partial charge in [0.25, 0.3) is 5.69 Å². The fraction of sp³-hybridized carbons (Fsp3) is 0.158. The largest absolute Gasteiger partial charge is 0.377 e. The number of non-ortho nitro benzene ring substituents is 1.